The summed E-state index contributed by atoms with van der Waals surface area (Å²) >= 11 is 4.65. The highest BCUT2D eigenvalue weighted by Crippen LogP contribution is 2.22. The van der Waals surface area contributed by atoms with Crippen molar-refractivity contribution in [2.75, 3.05) is 6.54 Å². The van der Waals surface area contributed by atoms with Gasteiger partial charge in [0.1, 0.15) is 10.9 Å². The molecule has 0 saturated carbocycles. The molecule has 2 heterocycles. The smallest absolute Gasteiger partial charge is 0.263 e. The number of halogens is 1. The molecule has 16 heavy (non-hydrogen) atoms. The maximum Gasteiger partial charge on any atom is 0.263 e. The summed E-state index contributed by atoms with van der Waals surface area (Å²) in [5, 5.41) is 7.31. The van der Waals surface area contributed by atoms with Crippen LogP contribution in [0, 0.1) is 0 Å². The van der Waals surface area contributed by atoms with Crippen molar-refractivity contribution in [3.63, 3.8) is 0 Å². The molecular formula is C10H11BrN2O2S. The molecule has 0 spiro atoms. The summed E-state index contributed by atoms with van der Waals surface area (Å²) in [4.78, 5) is 23.9. The first-order chi connectivity index (χ1) is 7.68. The number of carbonyl (C=O) groups is 2. The van der Waals surface area contributed by atoms with Crippen molar-refractivity contribution < 1.29 is 9.59 Å². The molecule has 6 heteroatoms. The molecule has 1 aliphatic rings. The summed E-state index contributed by atoms with van der Waals surface area (Å²) in [6.07, 6.45) is 1.61. The largest absolute Gasteiger partial charge is 0.354 e. The lowest BCUT2D eigenvalue weighted by Crippen LogP contribution is -2.50. The van der Waals surface area contributed by atoms with E-state index in [0.29, 0.717) is 17.8 Å². The lowest BCUT2D eigenvalue weighted by atomic mass is 10.1. The van der Waals surface area contributed by atoms with Gasteiger partial charge in [0, 0.05) is 11.0 Å². The van der Waals surface area contributed by atoms with Gasteiger partial charge in [-0.2, -0.15) is 0 Å². The predicted octanol–water partition coefficient (Wildman–Crippen LogP) is 1.52. The van der Waals surface area contributed by atoms with E-state index in [4.69, 9.17) is 0 Å². The Bertz CT molecular complexity index is 419. The zero-order chi connectivity index (χ0) is 11.5. The van der Waals surface area contributed by atoms with Crippen molar-refractivity contribution in [2.24, 2.45) is 0 Å². The van der Waals surface area contributed by atoms with Crippen LogP contribution >= 0.6 is 27.3 Å². The van der Waals surface area contributed by atoms with Gasteiger partial charge < -0.3 is 10.6 Å². The molecule has 0 radical (unpaired) electrons. The number of rotatable bonds is 2. The third-order valence-electron chi connectivity index (χ3n) is 2.41. The Morgan fingerprint density at radius 1 is 1.62 bits per heavy atom. The lowest BCUT2D eigenvalue weighted by molar-refractivity contribution is -0.124. The van der Waals surface area contributed by atoms with Gasteiger partial charge in [-0.05, 0) is 40.2 Å². The molecule has 0 aliphatic carbocycles. The van der Waals surface area contributed by atoms with Crippen LogP contribution in [0.25, 0.3) is 0 Å². The maximum atomic E-state index is 11.8. The molecule has 2 rings (SSSR count). The lowest BCUT2D eigenvalue weighted by Gasteiger charge is -2.22. The van der Waals surface area contributed by atoms with E-state index in [2.05, 4.69) is 26.6 Å². The molecule has 4 nitrogen and oxygen atoms in total. The molecule has 0 bridgehead atoms. The molecule has 1 aliphatic heterocycles. The maximum absolute atomic E-state index is 11.8. The predicted molar refractivity (Wildman–Crippen MR) is 65.5 cm³/mol. The fourth-order valence-corrected chi connectivity index (χ4v) is 3.04. The third kappa shape index (κ3) is 2.44. The first kappa shape index (κ1) is 11.6. The molecule has 86 valence electrons. The van der Waals surface area contributed by atoms with Gasteiger partial charge in [-0.15, -0.1) is 11.3 Å². The third-order valence-corrected chi connectivity index (χ3v) is 4.25. The standard InChI is InChI=1S/C10H11BrN2O2S/c11-6-3-5-16-8(6)10(15)13-7-2-1-4-12-9(7)14/h3,5,7H,1-2,4H2,(H,12,14)(H,13,15). The van der Waals surface area contributed by atoms with E-state index in [0.717, 1.165) is 10.9 Å². The average molecular weight is 303 g/mol. The van der Waals surface area contributed by atoms with Crippen LogP contribution in [0.4, 0.5) is 0 Å². The van der Waals surface area contributed by atoms with Gasteiger partial charge in [0.05, 0.1) is 0 Å². The minimum atomic E-state index is -0.393. The van der Waals surface area contributed by atoms with Gasteiger partial charge in [0.25, 0.3) is 5.91 Å². The Labute approximate surface area is 106 Å². The van der Waals surface area contributed by atoms with Crippen molar-refractivity contribution in [1.82, 2.24) is 10.6 Å². The number of thiophene rings is 1. The zero-order valence-electron chi connectivity index (χ0n) is 8.46. The number of nitrogens with one attached hydrogen (secondary N) is 2. The molecule has 1 aromatic heterocycles. The van der Waals surface area contributed by atoms with E-state index in [9.17, 15) is 9.59 Å². The SMILES string of the molecule is O=C(NC1CCCNC1=O)c1sccc1Br. The Morgan fingerprint density at radius 3 is 3.06 bits per heavy atom. The highest BCUT2D eigenvalue weighted by molar-refractivity contribution is 9.10. The number of hydrogen-bond acceptors (Lipinski definition) is 3. The van der Waals surface area contributed by atoms with E-state index < -0.39 is 6.04 Å². The molecule has 1 aromatic rings. The Balaban J connectivity index is 2.02. The van der Waals surface area contributed by atoms with Gasteiger partial charge in [-0.3, -0.25) is 9.59 Å². The summed E-state index contributed by atoms with van der Waals surface area (Å²) < 4.78 is 0.770. The van der Waals surface area contributed by atoms with Crippen LogP contribution in [0.1, 0.15) is 22.5 Å². The summed E-state index contributed by atoms with van der Waals surface area (Å²) in [6.45, 7) is 0.702. The molecule has 0 aromatic carbocycles. The van der Waals surface area contributed by atoms with E-state index >= 15 is 0 Å². The van der Waals surface area contributed by atoms with Gasteiger partial charge in [-0.25, -0.2) is 0 Å². The van der Waals surface area contributed by atoms with E-state index in [1.165, 1.54) is 11.3 Å². The monoisotopic (exact) mass is 302 g/mol. The van der Waals surface area contributed by atoms with Crippen LogP contribution in [0.3, 0.4) is 0 Å². The zero-order valence-corrected chi connectivity index (χ0v) is 10.9. The second-order valence-electron chi connectivity index (χ2n) is 3.56. The van der Waals surface area contributed by atoms with Gasteiger partial charge >= 0.3 is 0 Å². The van der Waals surface area contributed by atoms with Crippen molar-refractivity contribution in [3.8, 4) is 0 Å². The topological polar surface area (TPSA) is 58.2 Å². The van der Waals surface area contributed by atoms with Crippen molar-refractivity contribution in [3.05, 3.63) is 20.8 Å². The van der Waals surface area contributed by atoms with Crippen LogP contribution in [0.2, 0.25) is 0 Å². The van der Waals surface area contributed by atoms with Gasteiger partial charge in [0.15, 0.2) is 0 Å². The quantitative estimate of drug-likeness (QED) is 0.870. The normalized spacial score (nSPS) is 20.3. The molecule has 2 amide bonds. The van der Waals surface area contributed by atoms with E-state index in [-0.39, 0.29) is 11.8 Å². The molecule has 1 unspecified atom stereocenters. The first-order valence-corrected chi connectivity index (χ1v) is 6.67. The Hall–Kier alpha value is -0.880. The number of carbonyl (C=O) groups excluding carboxylic acids is 2. The average Bonchev–Trinajstić information content (AvgIpc) is 2.68. The Morgan fingerprint density at radius 2 is 2.44 bits per heavy atom. The van der Waals surface area contributed by atoms with Crippen molar-refractivity contribution >= 4 is 39.1 Å². The summed E-state index contributed by atoms with van der Waals surface area (Å²) in [6, 6.07) is 1.43. The highest BCUT2D eigenvalue weighted by atomic mass is 79.9. The number of piperidine rings is 1. The number of amides is 2. The minimum absolute atomic E-state index is 0.0905. The van der Waals surface area contributed by atoms with E-state index in [1.807, 2.05) is 11.4 Å². The summed E-state index contributed by atoms with van der Waals surface area (Å²) in [7, 11) is 0. The van der Waals surface area contributed by atoms with E-state index in [1.54, 1.807) is 0 Å². The molecule has 1 saturated heterocycles. The summed E-state index contributed by atoms with van der Waals surface area (Å²) in [5.74, 6) is -0.281. The summed E-state index contributed by atoms with van der Waals surface area (Å²) in [5.41, 5.74) is 0. The van der Waals surface area contributed by atoms with Crippen LogP contribution in [-0.2, 0) is 4.79 Å². The minimum Gasteiger partial charge on any atom is -0.354 e. The fraction of sp³-hybridized carbons (Fsp3) is 0.400. The molecule has 1 fully saturated rings. The second kappa shape index (κ2) is 4.97. The van der Waals surface area contributed by atoms with Crippen LogP contribution in [0.5, 0.6) is 0 Å². The second-order valence-corrected chi connectivity index (χ2v) is 5.33. The number of hydrogen-bond donors (Lipinski definition) is 2. The highest BCUT2D eigenvalue weighted by Gasteiger charge is 2.24. The van der Waals surface area contributed by atoms with Crippen LogP contribution in [0.15, 0.2) is 15.9 Å². The van der Waals surface area contributed by atoms with Crippen LogP contribution in [-0.4, -0.2) is 24.4 Å². The van der Waals surface area contributed by atoms with Crippen LogP contribution < -0.4 is 10.6 Å². The van der Waals surface area contributed by atoms with Crippen molar-refractivity contribution in [2.45, 2.75) is 18.9 Å². The Kier molecular flexibility index (Phi) is 3.60. The first-order valence-electron chi connectivity index (χ1n) is 5.00. The molecular weight excluding hydrogens is 292 g/mol. The molecule has 2 N–H and O–H groups in total. The van der Waals surface area contributed by atoms with Crippen molar-refractivity contribution in [1.29, 1.82) is 0 Å². The van der Waals surface area contributed by atoms with Gasteiger partial charge in [-0.1, -0.05) is 0 Å². The fourth-order valence-electron chi connectivity index (χ4n) is 1.59. The van der Waals surface area contributed by atoms with Gasteiger partial charge in [0.2, 0.25) is 5.91 Å². The molecule has 1 atom stereocenters.